The monoisotopic (exact) mass is 414 g/mol. The van der Waals surface area contributed by atoms with Crippen LogP contribution in [-0.4, -0.2) is 43.4 Å². The van der Waals surface area contributed by atoms with Gasteiger partial charge in [0.15, 0.2) is 0 Å². The second-order valence-electron chi connectivity index (χ2n) is 7.72. The quantitative estimate of drug-likeness (QED) is 0.541. The molecule has 1 aliphatic carbocycles. The number of carbonyl (C=O) groups is 2. The normalized spacial score (nSPS) is 20.0. The van der Waals surface area contributed by atoms with Crippen molar-refractivity contribution < 1.29 is 23.8 Å². The van der Waals surface area contributed by atoms with E-state index in [1.807, 2.05) is 19.9 Å². The molecule has 0 amide bonds. The molecule has 3 rings (SSSR count). The highest BCUT2D eigenvalue weighted by Crippen LogP contribution is 2.39. The molecule has 1 fully saturated rings. The van der Waals surface area contributed by atoms with Crippen molar-refractivity contribution in [3.63, 3.8) is 0 Å². The lowest BCUT2D eigenvalue weighted by atomic mass is 9.81. The summed E-state index contributed by atoms with van der Waals surface area (Å²) in [6.07, 6.45) is 8.32. The average molecular weight is 415 g/mol. The molecule has 1 aromatic rings. The zero-order valence-electron chi connectivity index (χ0n) is 17.9. The number of nitrogens with one attached hydrogen (secondary N) is 1. The van der Waals surface area contributed by atoms with E-state index in [2.05, 4.69) is 10.3 Å². The van der Waals surface area contributed by atoms with Gasteiger partial charge in [0.05, 0.1) is 23.7 Å². The summed E-state index contributed by atoms with van der Waals surface area (Å²) in [4.78, 5) is 30.4. The van der Waals surface area contributed by atoms with Crippen LogP contribution in [-0.2, 0) is 23.8 Å². The van der Waals surface area contributed by atoms with E-state index in [1.165, 1.54) is 6.42 Å². The highest BCUT2D eigenvalue weighted by atomic mass is 16.6. The molecule has 1 saturated carbocycles. The SMILES string of the molecule is COCCOC(=O)C1=C(C)NC(C)=C(C(=O)OC2CCCCC2)C1c1cccnc1. The van der Waals surface area contributed by atoms with Crippen LogP contribution in [0.3, 0.4) is 0 Å². The van der Waals surface area contributed by atoms with Crippen LogP contribution in [0, 0.1) is 0 Å². The molecule has 0 radical (unpaired) electrons. The summed E-state index contributed by atoms with van der Waals surface area (Å²) in [5, 5.41) is 3.17. The number of hydrogen-bond acceptors (Lipinski definition) is 7. The Labute approximate surface area is 177 Å². The Hall–Kier alpha value is -2.67. The van der Waals surface area contributed by atoms with Gasteiger partial charge in [-0.25, -0.2) is 9.59 Å². The van der Waals surface area contributed by atoms with Gasteiger partial charge in [-0.1, -0.05) is 12.5 Å². The first-order chi connectivity index (χ1) is 14.5. The number of esters is 2. The number of nitrogens with zero attached hydrogens (tertiary/aromatic N) is 1. The van der Waals surface area contributed by atoms with Gasteiger partial charge in [0, 0.05) is 30.9 Å². The van der Waals surface area contributed by atoms with E-state index < -0.39 is 17.9 Å². The zero-order chi connectivity index (χ0) is 21.5. The standard InChI is InChI=1S/C23H30N2O5/c1-15-19(22(26)29-13-12-28-3)21(17-8-7-11-24-14-17)20(16(2)25-15)23(27)30-18-9-5-4-6-10-18/h7-8,11,14,18,21,25H,4-6,9-10,12-13H2,1-3H3. The molecule has 1 aromatic heterocycles. The Bertz CT molecular complexity index is 825. The van der Waals surface area contributed by atoms with E-state index in [-0.39, 0.29) is 12.7 Å². The number of hydrogen-bond donors (Lipinski definition) is 1. The van der Waals surface area contributed by atoms with E-state index in [0.717, 1.165) is 31.2 Å². The van der Waals surface area contributed by atoms with Gasteiger partial charge in [0.25, 0.3) is 0 Å². The van der Waals surface area contributed by atoms with Gasteiger partial charge in [0.2, 0.25) is 0 Å². The summed E-state index contributed by atoms with van der Waals surface area (Å²) in [6.45, 7) is 4.07. The van der Waals surface area contributed by atoms with Gasteiger partial charge in [0.1, 0.15) is 12.7 Å². The van der Waals surface area contributed by atoms with E-state index >= 15 is 0 Å². The molecule has 2 heterocycles. The second-order valence-corrected chi connectivity index (χ2v) is 7.72. The molecular formula is C23H30N2O5. The van der Waals surface area contributed by atoms with E-state index in [0.29, 0.717) is 29.1 Å². The average Bonchev–Trinajstić information content (AvgIpc) is 2.74. The van der Waals surface area contributed by atoms with E-state index in [1.54, 1.807) is 25.6 Å². The third-order valence-electron chi connectivity index (χ3n) is 5.56. The molecular weight excluding hydrogens is 384 g/mol. The zero-order valence-corrected chi connectivity index (χ0v) is 17.9. The minimum atomic E-state index is -0.605. The molecule has 7 heteroatoms. The predicted molar refractivity (Wildman–Crippen MR) is 111 cm³/mol. The van der Waals surface area contributed by atoms with Crippen LogP contribution >= 0.6 is 0 Å². The first-order valence-corrected chi connectivity index (χ1v) is 10.5. The highest BCUT2D eigenvalue weighted by molar-refractivity contribution is 5.99. The lowest BCUT2D eigenvalue weighted by molar-refractivity contribution is -0.146. The number of ether oxygens (including phenoxy) is 3. The van der Waals surface area contributed by atoms with Crippen LogP contribution in [0.4, 0.5) is 0 Å². The van der Waals surface area contributed by atoms with Crippen LogP contribution in [0.5, 0.6) is 0 Å². The Kier molecular flexibility index (Phi) is 7.63. The minimum absolute atomic E-state index is 0.0785. The Morgan fingerprint density at radius 1 is 1.07 bits per heavy atom. The van der Waals surface area contributed by atoms with Crippen molar-refractivity contribution in [2.75, 3.05) is 20.3 Å². The molecule has 0 spiro atoms. The number of carbonyl (C=O) groups excluding carboxylic acids is 2. The van der Waals surface area contributed by atoms with Gasteiger partial charge >= 0.3 is 11.9 Å². The third kappa shape index (κ3) is 5.08. The lowest BCUT2D eigenvalue weighted by Gasteiger charge is -2.31. The van der Waals surface area contributed by atoms with Crippen molar-refractivity contribution in [1.82, 2.24) is 10.3 Å². The first kappa shape index (κ1) is 22.0. The van der Waals surface area contributed by atoms with Gasteiger partial charge in [-0.2, -0.15) is 0 Å². The van der Waals surface area contributed by atoms with Gasteiger partial charge < -0.3 is 19.5 Å². The molecule has 2 aliphatic rings. The molecule has 162 valence electrons. The van der Waals surface area contributed by atoms with Crippen molar-refractivity contribution in [2.45, 2.75) is 58.0 Å². The van der Waals surface area contributed by atoms with Crippen LogP contribution in [0.1, 0.15) is 57.4 Å². The lowest BCUT2D eigenvalue weighted by Crippen LogP contribution is -2.34. The molecule has 0 aromatic carbocycles. The summed E-state index contributed by atoms with van der Waals surface area (Å²) < 4.78 is 16.2. The fraction of sp³-hybridized carbons (Fsp3) is 0.522. The number of rotatable bonds is 7. The first-order valence-electron chi connectivity index (χ1n) is 10.5. The van der Waals surface area contributed by atoms with Gasteiger partial charge in [-0.05, 0) is 51.2 Å². The van der Waals surface area contributed by atoms with Crippen molar-refractivity contribution in [3.8, 4) is 0 Å². The topological polar surface area (TPSA) is 86.8 Å². The molecule has 0 bridgehead atoms. The molecule has 1 aliphatic heterocycles. The molecule has 30 heavy (non-hydrogen) atoms. The van der Waals surface area contributed by atoms with Crippen LogP contribution in [0.25, 0.3) is 0 Å². The minimum Gasteiger partial charge on any atom is -0.460 e. The maximum atomic E-state index is 13.3. The number of dihydropyridines is 1. The highest BCUT2D eigenvalue weighted by Gasteiger charge is 2.38. The van der Waals surface area contributed by atoms with Crippen LogP contribution in [0.15, 0.2) is 47.1 Å². The van der Waals surface area contributed by atoms with Crippen LogP contribution in [0.2, 0.25) is 0 Å². The van der Waals surface area contributed by atoms with Crippen LogP contribution < -0.4 is 5.32 Å². The third-order valence-corrected chi connectivity index (χ3v) is 5.56. The van der Waals surface area contributed by atoms with Gasteiger partial charge in [-0.3, -0.25) is 4.98 Å². The fourth-order valence-electron chi connectivity index (χ4n) is 4.11. The van der Waals surface area contributed by atoms with Crippen molar-refractivity contribution in [2.24, 2.45) is 0 Å². The molecule has 1 N–H and O–H groups in total. The second kappa shape index (κ2) is 10.4. The number of allylic oxidation sites excluding steroid dienone is 2. The number of aromatic nitrogens is 1. The molecule has 1 unspecified atom stereocenters. The van der Waals surface area contributed by atoms with E-state index in [4.69, 9.17) is 14.2 Å². The van der Waals surface area contributed by atoms with Crippen molar-refractivity contribution in [3.05, 3.63) is 52.6 Å². The number of methoxy groups -OCH3 is 1. The fourth-order valence-corrected chi connectivity index (χ4v) is 4.11. The predicted octanol–water partition coefficient (Wildman–Crippen LogP) is 3.38. The largest absolute Gasteiger partial charge is 0.460 e. The van der Waals surface area contributed by atoms with Crippen molar-refractivity contribution >= 4 is 11.9 Å². The van der Waals surface area contributed by atoms with Crippen molar-refractivity contribution in [1.29, 1.82) is 0 Å². The smallest absolute Gasteiger partial charge is 0.337 e. The van der Waals surface area contributed by atoms with Gasteiger partial charge in [-0.15, -0.1) is 0 Å². The summed E-state index contributed by atoms with van der Waals surface area (Å²) >= 11 is 0. The Morgan fingerprint density at radius 3 is 2.40 bits per heavy atom. The maximum Gasteiger partial charge on any atom is 0.337 e. The summed E-state index contributed by atoms with van der Waals surface area (Å²) in [6, 6.07) is 3.65. The molecule has 1 atom stereocenters. The molecule has 0 saturated heterocycles. The Balaban J connectivity index is 1.94. The summed E-state index contributed by atoms with van der Waals surface area (Å²) in [5.41, 5.74) is 2.89. The summed E-state index contributed by atoms with van der Waals surface area (Å²) in [7, 11) is 1.55. The molecule has 7 nitrogen and oxygen atoms in total. The number of pyridine rings is 1. The Morgan fingerprint density at radius 2 is 1.77 bits per heavy atom. The summed E-state index contributed by atoms with van der Waals surface area (Å²) in [5.74, 6) is -1.48. The maximum absolute atomic E-state index is 13.3. The van der Waals surface area contributed by atoms with E-state index in [9.17, 15) is 9.59 Å².